The van der Waals surface area contributed by atoms with E-state index >= 15 is 0 Å². The molecule has 3 rings (SSSR count). The van der Waals surface area contributed by atoms with Crippen LogP contribution in [0, 0.1) is 0 Å². The Bertz CT molecular complexity index is 643. The molecule has 0 atom stereocenters. The van der Waals surface area contributed by atoms with Crippen molar-refractivity contribution in [2.45, 2.75) is 4.21 Å². The first-order chi connectivity index (χ1) is 9.18. The lowest BCUT2D eigenvalue weighted by Gasteiger charge is -2.24. The van der Waals surface area contributed by atoms with Gasteiger partial charge in [-0.2, -0.15) is 16.1 Å². The monoisotopic (exact) mass is 316 g/mol. The van der Waals surface area contributed by atoms with Crippen molar-refractivity contribution >= 4 is 33.1 Å². The van der Waals surface area contributed by atoms with Gasteiger partial charge in [0.15, 0.2) is 5.76 Å². The first-order valence-corrected chi connectivity index (χ1v) is 9.18. The summed E-state index contributed by atoms with van der Waals surface area (Å²) >= 11 is 3.01. The molecular formula is C11H12N2O3S3. The number of thiophene rings is 1. The van der Waals surface area contributed by atoms with Crippen LogP contribution in [0.15, 0.2) is 33.1 Å². The highest BCUT2D eigenvalue weighted by molar-refractivity contribution is 7.99. The van der Waals surface area contributed by atoms with Crippen molar-refractivity contribution in [2.24, 2.45) is 0 Å². The minimum Gasteiger partial charge on any atom is -0.355 e. The van der Waals surface area contributed by atoms with Crippen molar-refractivity contribution in [3.8, 4) is 10.6 Å². The van der Waals surface area contributed by atoms with Crippen molar-refractivity contribution in [3.05, 3.63) is 24.4 Å². The average molecular weight is 316 g/mol. The predicted molar refractivity (Wildman–Crippen MR) is 75.9 cm³/mol. The van der Waals surface area contributed by atoms with Gasteiger partial charge in [-0.3, -0.25) is 0 Å². The number of hydrogen-bond donors (Lipinski definition) is 0. The molecule has 0 N–H and O–H groups in total. The molecule has 1 aliphatic heterocycles. The van der Waals surface area contributed by atoms with Crippen molar-refractivity contribution in [1.29, 1.82) is 0 Å². The van der Waals surface area contributed by atoms with Crippen LogP contribution in [-0.4, -0.2) is 42.5 Å². The SMILES string of the molecule is O=S(=O)(c1ccc(-c2ccno2)s1)N1CCSCC1. The van der Waals surface area contributed by atoms with Gasteiger partial charge in [0.2, 0.25) is 0 Å². The molecule has 2 aromatic rings. The summed E-state index contributed by atoms with van der Waals surface area (Å²) in [6.07, 6.45) is 1.55. The molecule has 0 bridgehead atoms. The second-order valence-corrected chi connectivity index (χ2v) is 8.49. The lowest BCUT2D eigenvalue weighted by molar-refractivity contribution is 0.433. The Morgan fingerprint density at radius 2 is 2.00 bits per heavy atom. The molecular weight excluding hydrogens is 304 g/mol. The Labute approximate surface area is 119 Å². The van der Waals surface area contributed by atoms with Crippen molar-refractivity contribution in [2.75, 3.05) is 24.6 Å². The Morgan fingerprint density at radius 1 is 1.21 bits per heavy atom. The standard InChI is InChI=1S/C11H12N2O3S3/c14-19(15,13-5-7-17-8-6-13)11-2-1-10(18-11)9-3-4-12-16-9/h1-4H,5-8H2. The minimum absolute atomic E-state index is 0.366. The maximum atomic E-state index is 12.5. The molecule has 1 fully saturated rings. The molecule has 8 heteroatoms. The van der Waals surface area contributed by atoms with Gasteiger partial charge in [0.25, 0.3) is 10.0 Å². The number of rotatable bonds is 3. The smallest absolute Gasteiger partial charge is 0.252 e. The molecule has 102 valence electrons. The van der Waals surface area contributed by atoms with Crippen LogP contribution < -0.4 is 0 Å². The third-order valence-corrected chi connectivity index (χ3v) is 7.23. The van der Waals surface area contributed by atoms with E-state index in [-0.39, 0.29) is 0 Å². The summed E-state index contributed by atoms with van der Waals surface area (Å²) in [5, 5.41) is 3.63. The Morgan fingerprint density at radius 3 is 2.68 bits per heavy atom. The zero-order chi connectivity index (χ0) is 13.3. The summed E-state index contributed by atoms with van der Waals surface area (Å²) in [7, 11) is -3.36. The van der Waals surface area contributed by atoms with Gasteiger partial charge in [-0.15, -0.1) is 11.3 Å². The van der Waals surface area contributed by atoms with Crippen molar-refractivity contribution in [3.63, 3.8) is 0 Å². The first-order valence-electron chi connectivity index (χ1n) is 5.77. The van der Waals surface area contributed by atoms with Gasteiger partial charge in [0.05, 0.1) is 11.1 Å². The zero-order valence-electron chi connectivity index (χ0n) is 9.98. The van der Waals surface area contributed by atoms with E-state index in [1.54, 1.807) is 40.5 Å². The molecule has 2 aromatic heterocycles. The van der Waals surface area contributed by atoms with Gasteiger partial charge in [-0.1, -0.05) is 5.16 Å². The quantitative estimate of drug-likeness (QED) is 0.868. The number of thioether (sulfide) groups is 1. The topological polar surface area (TPSA) is 63.4 Å². The van der Waals surface area contributed by atoms with E-state index in [1.165, 1.54) is 11.3 Å². The lowest BCUT2D eigenvalue weighted by atomic mass is 10.4. The average Bonchev–Trinajstić information content (AvgIpc) is 3.10. The van der Waals surface area contributed by atoms with E-state index in [1.807, 2.05) is 0 Å². The predicted octanol–water partition coefficient (Wildman–Crippen LogP) is 2.14. The van der Waals surface area contributed by atoms with E-state index in [0.29, 0.717) is 23.1 Å². The number of aromatic nitrogens is 1. The molecule has 0 unspecified atom stereocenters. The number of nitrogens with zero attached hydrogens (tertiary/aromatic N) is 2. The fourth-order valence-corrected chi connectivity index (χ4v) is 5.84. The largest absolute Gasteiger partial charge is 0.355 e. The van der Waals surface area contributed by atoms with Gasteiger partial charge in [0, 0.05) is 30.7 Å². The summed E-state index contributed by atoms with van der Waals surface area (Å²) in [5.74, 6) is 2.32. The van der Waals surface area contributed by atoms with Gasteiger partial charge in [-0.25, -0.2) is 8.42 Å². The molecule has 0 radical (unpaired) electrons. The summed E-state index contributed by atoms with van der Waals surface area (Å²) in [6, 6.07) is 5.12. The van der Waals surface area contributed by atoms with Crippen LogP contribution in [0.1, 0.15) is 0 Å². The second kappa shape index (κ2) is 5.28. The maximum absolute atomic E-state index is 12.5. The molecule has 0 spiro atoms. The fourth-order valence-electron chi connectivity index (χ4n) is 1.85. The van der Waals surface area contributed by atoms with Gasteiger partial charge in [-0.05, 0) is 12.1 Å². The fraction of sp³-hybridized carbons (Fsp3) is 0.364. The number of hydrogen-bond acceptors (Lipinski definition) is 6. The molecule has 0 aliphatic carbocycles. The molecule has 0 aromatic carbocycles. The van der Waals surface area contributed by atoms with Gasteiger partial charge >= 0.3 is 0 Å². The highest BCUT2D eigenvalue weighted by atomic mass is 32.2. The van der Waals surface area contributed by atoms with E-state index in [9.17, 15) is 8.42 Å². The molecule has 3 heterocycles. The van der Waals surface area contributed by atoms with Crippen LogP contribution in [0.4, 0.5) is 0 Å². The van der Waals surface area contributed by atoms with E-state index in [4.69, 9.17) is 4.52 Å². The van der Waals surface area contributed by atoms with E-state index < -0.39 is 10.0 Å². The van der Waals surface area contributed by atoms with Gasteiger partial charge in [0.1, 0.15) is 4.21 Å². The van der Waals surface area contributed by atoms with Crippen LogP contribution in [0.2, 0.25) is 0 Å². The highest BCUT2D eigenvalue weighted by Crippen LogP contribution is 2.32. The third kappa shape index (κ3) is 2.58. The molecule has 1 saturated heterocycles. The lowest BCUT2D eigenvalue weighted by Crippen LogP contribution is -2.37. The van der Waals surface area contributed by atoms with Gasteiger partial charge < -0.3 is 4.52 Å². The minimum atomic E-state index is -3.36. The normalized spacial score (nSPS) is 17.7. The number of sulfonamides is 1. The molecule has 0 amide bonds. The van der Waals surface area contributed by atoms with Crippen LogP contribution in [-0.2, 0) is 10.0 Å². The van der Waals surface area contributed by atoms with Crippen LogP contribution in [0.5, 0.6) is 0 Å². The molecule has 5 nitrogen and oxygen atoms in total. The summed E-state index contributed by atoms with van der Waals surface area (Å²) < 4.78 is 31.9. The van der Waals surface area contributed by atoms with Crippen molar-refractivity contribution < 1.29 is 12.9 Å². The van der Waals surface area contributed by atoms with E-state index in [0.717, 1.165) is 16.4 Å². The maximum Gasteiger partial charge on any atom is 0.252 e. The zero-order valence-corrected chi connectivity index (χ0v) is 12.4. The van der Waals surface area contributed by atoms with Crippen molar-refractivity contribution in [1.82, 2.24) is 9.46 Å². The van der Waals surface area contributed by atoms with Crippen LogP contribution in [0.3, 0.4) is 0 Å². The summed E-state index contributed by atoms with van der Waals surface area (Å²) in [5.41, 5.74) is 0. The molecule has 0 saturated carbocycles. The molecule has 1 aliphatic rings. The second-order valence-electron chi connectivity index (χ2n) is 4.01. The van der Waals surface area contributed by atoms with E-state index in [2.05, 4.69) is 5.16 Å². The Kier molecular flexibility index (Phi) is 3.66. The Balaban J connectivity index is 1.89. The first kappa shape index (κ1) is 13.2. The van der Waals surface area contributed by atoms with Crippen LogP contribution >= 0.6 is 23.1 Å². The highest BCUT2D eigenvalue weighted by Gasteiger charge is 2.27. The van der Waals surface area contributed by atoms with Crippen LogP contribution in [0.25, 0.3) is 10.6 Å². The Hall–Kier alpha value is -0.830. The third-order valence-electron chi connectivity index (χ3n) is 2.83. The summed E-state index contributed by atoms with van der Waals surface area (Å²) in [4.78, 5) is 0.780. The molecule has 19 heavy (non-hydrogen) atoms. The summed E-state index contributed by atoms with van der Waals surface area (Å²) in [6.45, 7) is 1.17.